The number of carbonyl (C=O) groups excluding carboxylic acids is 3. The van der Waals surface area contributed by atoms with Gasteiger partial charge >= 0.3 is 5.97 Å². The fourth-order valence-corrected chi connectivity index (χ4v) is 2.44. The van der Waals surface area contributed by atoms with Gasteiger partial charge in [0.1, 0.15) is 0 Å². The van der Waals surface area contributed by atoms with Crippen molar-refractivity contribution in [1.82, 2.24) is 4.90 Å². The first-order chi connectivity index (χ1) is 10.4. The minimum Gasteiger partial charge on any atom is -0.452 e. The number of esters is 1. The average Bonchev–Trinajstić information content (AvgIpc) is 2.82. The molecule has 6 nitrogen and oxygen atoms in total. The molecule has 0 bridgehead atoms. The molecule has 0 saturated carbocycles. The van der Waals surface area contributed by atoms with Crippen LogP contribution in [0.3, 0.4) is 0 Å². The third-order valence-corrected chi connectivity index (χ3v) is 3.93. The van der Waals surface area contributed by atoms with E-state index in [0.29, 0.717) is 11.6 Å². The standard InChI is InChI=1S/C15H17ClN2O4/c1-9(14(17)20)22-15(21)11-6-13(19)18(8-11)7-10-4-2-3-5-12(10)16/h2-5,9,11H,6-8H2,1H3,(H2,17,20). The predicted molar refractivity (Wildman–Crippen MR) is 79.7 cm³/mol. The van der Waals surface area contributed by atoms with Crippen molar-refractivity contribution in [1.29, 1.82) is 0 Å². The Morgan fingerprint density at radius 2 is 2.14 bits per heavy atom. The second-order valence-electron chi connectivity index (χ2n) is 5.25. The number of benzene rings is 1. The molecule has 1 aliphatic rings. The van der Waals surface area contributed by atoms with Gasteiger partial charge < -0.3 is 15.4 Å². The van der Waals surface area contributed by atoms with Crippen LogP contribution < -0.4 is 5.73 Å². The van der Waals surface area contributed by atoms with Gasteiger partial charge in [0, 0.05) is 24.5 Å². The molecule has 1 aromatic carbocycles. The van der Waals surface area contributed by atoms with Gasteiger partial charge in [-0.1, -0.05) is 29.8 Å². The average molecular weight is 325 g/mol. The maximum absolute atomic E-state index is 12.0. The highest BCUT2D eigenvalue weighted by Gasteiger charge is 2.36. The largest absolute Gasteiger partial charge is 0.452 e. The highest BCUT2D eigenvalue weighted by molar-refractivity contribution is 6.31. The number of halogens is 1. The molecule has 2 N–H and O–H groups in total. The number of primary amides is 1. The first kappa shape index (κ1) is 16.3. The zero-order chi connectivity index (χ0) is 16.3. The van der Waals surface area contributed by atoms with Crippen molar-refractivity contribution in [3.8, 4) is 0 Å². The molecule has 1 fully saturated rings. The summed E-state index contributed by atoms with van der Waals surface area (Å²) in [5, 5.41) is 0.573. The zero-order valence-electron chi connectivity index (χ0n) is 12.1. The first-order valence-electron chi connectivity index (χ1n) is 6.89. The van der Waals surface area contributed by atoms with Gasteiger partial charge in [-0.05, 0) is 18.6 Å². The normalized spacial score (nSPS) is 19.1. The van der Waals surface area contributed by atoms with E-state index in [9.17, 15) is 14.4 Å². The Morgan fingerprint density at radius 3 is 2.77 bits per heavy atom. The number of amides is 2. The fraction of sp³-hybridized carbons (Fsp3) is 0.400. The monoisotopic (exact) mass is 324 g/mol. The molecule has 1 heterocycles. The molecule has 2 rings (SSSR count). The third kappa shape index (κ3) is 3.76. The summed E-state index contributed by atoms with van der Waals surface area (Å²) >= 11 is 6.07. The molecule has 118 valence electrons. The molecule has 22 heavy (non-hydrogen) atoms. The highest BCUT2D eigenvalue weighted by Crippen LogP contribution is 2.24. The summed E-state index contributed by atoms with van der Waals surface area (Å²) in [5.74, 6) is -2.03. The summed E-state index contributed by atoms with van der Waals surface area (Å²) in [6.07, 6.45) is -0.936. The maximum atomic E-state index is 12.0. The van der Waals surface area contributed by atoms with Crippen molar-refractivity contribution in [3.05, 3.63) is 34.9 Å². The van der Waals surface area contributed by atoms with E-state index in [2.05, 4.69) is 0 Å². The fourth-order valence-electron chi connectivity index (χ4n) is 2.24. The van der Waals surface area contributed by atoms with Gasteiger partial charge in [-0.2, -0.15) is 0 Å². The number of carbonyl (C=O) groups is 3. The molecule has 0 spiro atoms. The summed E-state index contributed by atoms with van der Waals surface area (Å²) in [4.78, 5) is 36.4. The quantitative estimate of drug-likeness (QED) is 0.821. The molecule has 0 aromatic heterocycles. The smallest absolute Gasteiger partial charge is 0.312 e. The lowest BCUT2D eigenvalue weighted by molar-refractivity contribution is -0.157. The van der Waals surface area contributed by atoms with Crippen LogP contribution in [0.15, 0.2) is 24.3 Å². The molecule has 0 aliphatic carbocycles. The molecule has 1 aromatic rings. The minimum atomic E-state index is -1.000. The van der Waals surface area contributed by atoms with Gasteiger partial charge in [-0.15, -0.1) is 0 Å². The number of ether oxygens (including phenoxy) is 1. The molecule has 1 aliphatic heterocycles. The van der Waals surface area contributed by atoms with Crippen molar-refractivity contribution >= 4 is 29.4 Å². The van der Waals surface area contributed by atoms with Crippen LogP contribution in [0, 0.1) is 5.92 Å². The highest BCUT2D eigenvalue weighted by atomic mass is 35.5. The summed E-state index contributed by atoms with van der Waals surface area (Å²) in [5.41, 5.74) is 5.86. The van der Waals surface area contributed by atoms with Crippen LogP contribution in [0.4, 0.5) is 0 Å². The molecule has 2 unspecified atom stereocenters. The third-order valence-electron chi connectivity index (χ3n) is 3.56. The summed E-state index contributed by atoms with van der Waals surface area (Å²) in [6.45, 7) is 1.99. The van der Waals surface area contributed by atoms with Gasteiger partial charge in [0.2, 0.25) is 5.91 Å². The van der Waals surface area contributed by atoms with Crippen molar-refractivity contribution in [2.75, 3.05) is 6.54 Å². The van der Waals surface area contributed by atoms with Gasteiger partial charge in [0.15, 0.2) is 6.10 Å². The van der Waals surface area contributed by atoms with Crippen molar-refractivity contribution in [2.45, 2.75) is 26.0 Å². The van der Waals surface area contributed by atoms with E-state index in [4.69, 9.17) is 22.1 Å². The molecule has 0 radical (unpaired) electrons. The van der Waals surface area contributed by atoms with E-state index in [-0.39, 0.29) is 18.9 Å². The van der Waals surface area contributed by atoms with E-state index < -0.39 is 23.9 Å². The Hall–Kier alpha value is -2.08. The lowest BCUT2D eigenvalue weighted by atomic mass is 10.1. The molecular formula is C15H17ClN2O4. The SMILES string of the molecule is CC(OC(=O)C1CC(=O)N(Cc2ccccc2Cl)C1)C(N)=O. The number of nitrogens with zero attached hydrogens (tertiary/aromatic N) is 1. The van der Waals surface area contributed by atoms with Crippen LogP contribution in [-0.2, 0) is 25.7 Å². The lowest BCUT2D eigenvalue weighted by Crippen LogP contribution is -2.33. The van der Waals surface area contributed by atoms with Crippen molar-refractivity contribution in [2.24, 2.45) is 11.7 Å². The second-order valence-corrected chi connectivity index (χ2v) is 5.66. The summed E-state index contributed by atoms with van der Waals surface area (Å²) < 4.78 is 4.95. The molecule has 2 amide bonds. The summed E-state index contributed by atoms with van der Waals surface area (Å²) in [6, 6.07) is 7.22. The van der Waals surface area contributed by atoms with Gasteiger partial charge in [0.05, 0.1) is 5.92 Å². The number of nitrogens with two attached hydrogens (primary N) is 1. The maximum Gasteiger partial charge on any atom is 0.312 e. The lowest BCUT2D eigenvalue weighted by Gasteiger charge is -2.17. The number of rotatable bonds is 5. The van der Waals surface area contributed by atoms with Crippen LogP contribution in [-0.4, -0.2) is 35.3 Å². The van der Waals surface area contributed by atoms with Gasteiger partial charge in [-0.3, -0.25) is 14.4 Å². The summed E-state index contributed by atoms with van der Waals surface area (Å²) in [7, 11) is 0. The van der Waals surface area contributed by atoms with Crippen LogP contribution in [0.5, 0.6) is 0 Å². The minimum absolute atomic E-state index is 0.0643. The van der Waals surface area contributed by atoms with Crippen molar-refractivity contribution < 1.29 is 19.1 Å². The Bertz CT molecular complexity index is 605. The molecule has 7 heteroatoms. The molecule has 1 saturated heterocycles. The second kappa shape index (κ2) is 6.79. The van der Waals surface area contributed by atoms with Crippen LogP contribution in [0.1, 0.15) is 18.9 Å². The van der Waals surface area contributed by atoms with Crippen LogP contribution >= 0.6 is 11.6 Å². The van der Waals surface area contributed by atoms with E-state index in [1.54, 1.807) is 11.0 Å². The Labute approximate surface area is 133 Å². The Balaban J connectivity index is 1.97. The van der Waals surface area contributed by atoms with Gasteiger partial charge in [0.25, 0.3) is 5.91 Å². The molecular weight excluding hydrogens is 308 g/mol. The van der Waals surface area contributed by atoms with E-state index in [0.717, 1.165) is 5.56 Å². The number of hydrogen-bond acceptors (Lipinski definition) is 4. The Morgan fingerprint density at radius 1 is 1.45 bits per heavy atom. The Kier molecular flexibility index (Phi) is 5.03. The van der Waals surface area contributed by atoms with Crippen molar-refractivity contribution in [3.63, 3.8) is 0 Å². The molecule has 2 atom stereocenters. The van der Waals surface area contributed by atoms with E-state index in [1.807, 2.05) is 18.2 Å². The number of hydrogen-bond donors (Lipinski definition) is 1. The van der Waals surface area contributed by atoms with E-state index >= 15 is 0 Å². The predicted octanol–water partition coefficient (Wildman–Crippen LogP) is 1.11. The van der Waals surface area contributed by atoms with Crippen LogP contribution in [0.2, 0.25) is 5.02 Å². The zero-order valence-corrected chi connectivity index (χ0v) is 12.9. The van der Waals surface area contributed by atoms with Crippen LogP contribution in [0.25, 0.3) is 0 Å². The topological polar surface area (TPSA) is 89.7 Å². The van der Waals surface area contributed by atoms with E-state index in [1.165, 1.54) is 6.92 Å². The number of likely N-dealkylation sites (tertiary alicyclic amines) is 1. The van der Waals surface area contributed by atoms with Gasteiger partial charge in [-0.25, -0.2) is 0 Å². The first-order valence-corrected chi connectivity index (χ1v) is 7.27.